The van der Waals surface area contributed by atoms with E-state index < -0.39 is 0 Å². The molecule has 0 radical (unpaired) electrons. The fourth-order valence-electron chi connectivity index (χ4n) is 8.94. The molecule has 0 N–H and O–H groups in total. The number of rotatable bonds is 9. The first-order valence-electron chi connectivity index (χ1n) is 22.3. The molecule has 318 valence electrons. The molecule has 0 spiro atoms. The van der Waals surface area contributed by atoms with Crippen molar-refractivity contribution in [2.45, 2.75) is 90.9 Å². The van der Waals surface area contributed by atoms with Crippen molar-refractivity contribution in [3.8, 4) is 17.3 Å². The van der Waals surface area contributed by atoms with Crippen LogP contribution >= 0.6 is 0 Å². The van der Waals surface area contributed by atoms with Gasteiger partial charge in [-0.1, -0.05) is 148 Å². The number of nitrogens with zero attached hydrogens (tertiary/aromatic N) is 4. The highest BCUT2D eigenvalue weighted by Crippen LogP contribution is 2.42. The van der Waals surface area contributed by atoms with Gasteiger partial charge in [0.15, 0.2) is 0 Å². The first-order valence-corrected chi connectivity index (χ1v) is 22.3. The highest BCUT2D eigenvalue weighted by Gasteiger charge is 2.31. The Morgan fingerprint density at radius 2 is 1.00 bits per heavy atom. The lowest BCUT2D eigenvalue weighted by Gasteiger charge is -2.33. The molecule has 5 nitrogen and oxygen atoms in total. The minimum absolute atomic E-state index is 0.0273. The number of benzene rings is 6. The summed E-state index contributed by atoms with van der Waals surface area (Å²) >= 11 is 0. The van der Waals surface area contributed by atoms with Crippen LogP contribution in [0.15, 0.2) is 170 Å². The Labute approximate surface area is 374 Å². The zero-order valence-electron chi connectivity index (χ0n) is 38.6. The van der Waals surface area contributed by atoms with Gasteiger partial charge in [0.25, 0.3) is 0 Å². The summed E-state index contributed by atoms with van der Waals surface area (Å²) in [5, 5.41) is 2.38. The van der Waals surface area contributed by atoms with Crippen LogP contribution in [0.2, 0.25) is 0 Å². The van der Waals surface area contributed by atoms with E-state index in [0.29, 0.717) is 6.67 Å². The Bertz CT molecular complexity index is 2900. The Balaban J connectivity index is 1.08. The van der Waals surface area contributed by atoms with Crippen LogP contribution in [0.4, 0.5) is 11.4 Å². The van der Waals surface area contributed by atoms with Gasteiger partial charge in [-0.2, -0.15) is 0 Å². The summed E-state index contributed by atoms with van der Waals surface area (Å²) < 4.78 is 9.15. The van der Waals surface area contributed by atoms with Gasteiger partial charge in [-0.15, -0.1) is 0 Å². The van der Waals surface area contributed by atoms with Crippen molar-refractivity contribution in [3.05, 3.63) is 204 Å². The first-order chi connectivity index (χ1) is 30.0. The molecule has 9 rings (SSSR count). The van der Waals surface area contributed by atoms with E-state index in [0.717, 1.165) is 34.0 Å². The number of fused-ring (bicyclic) bond motifs is 3. The van der Waals surface area contributed by atoms with Crippen molar-refractivity contribution in [3.63, 3.8) is 0 Å². The SMILES string of the molecule is CC(C)(C)c1cc(Oc2ccc3c4cc(C(C)(C)C)ccc4n(-c4ccccn4)c3c2)cc(N2C=CN(c3cc(C(C)(C)c4ccccc4)cc(C(C)(C)c4ccccc4)c3)C2)c1. The van der Waals surface area contributed by atoms with E-state index in [4.69, 9.17) is 9.72 Å². The average molecular weight is 829 g/mol. The van der Waals surface area contributed by atoms with Crippen LogP contribution in [0.3, 0.4) is 0 Å². The summed E-state index contributed by atoms with van der Waals surface area (Å²) in [6.45, 7) is 23.6. The van der Waals surface area contributed by atoms with Crippen LogP contribution in [0.5, 0.6) is 11.5 Å². The summed E-state index contributed by atoms with van der Waals surface area (Å²) in [4.78, 5) is 9.49. The van der Waals surface area contributed by atoms with E-state index in [1.807, 2.05) is 18.3 Å². The standard InChI is InChI=1S/C58H60N4O/c1-55(2,3)42-24-27-52-51(36-42)50-26-25-48(38-53(50)62(52)54-23-17-18-28-59-54)63-49-35-43(56(4,5)6)32-47(37-49)61-30-29-60(39-61)46-33-44(57(7,8)40-19-13-11-14-20-40)31-45(34-46)58(9,10)41-21-15-12-16-22-41/h11-38H,39H2,1-10H3. The predicted octanol–water partition coefficient (Wildman–Crippen LogP) is 15.0. The Morgan fingerprint density at radius 1 is 0.429 bits per heavy atom. The lowest BCUT2D eigenvalue weighted by molar-refractivity contribution is 0.479. The minimum Gasteiger partial charge on any atom is -0.457 e. The highest BCUT2D eigenvalue weighted by molar-refractivity contribution is 6.09. The van der Waals surface area contributed by atoms with Crippen molar-refractivity contribution >= 4 is 33.2 Å². The van der Waals surface area contributed by atoms with E-state index in [2.05, 4.69) is 236 Å². The van der Waals surface area contributed by atoms with Gasteiger partial charge < -0.3 is 14.5 Å². The molecule has 3 heterocycles. The van der Waals surface area contributed by atoms with Crippen molar-refractivity contribution in [1.82, 2.24) is 9.55 Å². The number of anilines is 2. The molecule has 0 atom stereocenters. The summed E-state index contributed by atoms with van der Waals surface area (Å²) in [6.07, 6.45) is 6.27. The van der Waals surface area contributed by atoms with E-state index in [1.165, 1.54) is 49.8 Å². The second kappa shape index (κ2) is 15.6. The van der Waals surface area contributed by atoms with Crippen LogP contribution in [0.1, 0.15) is 103 Å². The topological polar surface area (TPSA) is 33.5 Å². The maximum atomic E-state index is 6.89. The summed E-state index contributed by atoms with van der Waals surface area (Å²) in [5.74, 6) is 2.46. The Kier molecular flexibility index (Phi) is 10.4. The third-order valence-electron chi connectivity index (χ3n) is 13.2. The molecule has 1 aliphatic heterocycles. The first kappa shape index (κ1) is 41.7. The summed E-state index contributed by atoms with van der Waals surface area (Å²) in [6, 6.07) is 55.0. The van der Waals surface area contributed by atoms with Gasteiger partial charge in [0.05, 0.1) is 17.7 Å². The van der Waals surface area contributed by atoms with Gasteiger partial charge in [0, 0.05) is 63.7 Å². The minimum atomic E-state index is -0.209. The normalized spacial score (nSPS) is 13.7. The molecule has 0 bridgehead atoms. The van der Waals surface area contributed by atoms with Crippen molar-refractivity contribution in [2.75, 3.05) is 16.5 Å². The van der Waals surface area contributed by atoms with Gasteiger partial charge in [-0.05, 0) is 105 Å². The molecule has 2 aromatic heterocycles. The molecule has 0 fully saturated rings. The van der Waals surface area contributed by atoms with Gasteiger partial charge in [-0.25, -0.2) is 4.98 Å². The molecule has 8 aromatic rings. The van der Waals surface area contributed by atoms with Crippen molar-refractivity contribution < 1.29 is 4.74 Å². The highest BCUT2D eigenvalue weighted by atomic mass is 16.5. The summed E-state index contributed by atoms with van der Waals surface area (Å²) in [7, 11) is 0. The zero-order valence-corrected chi connectivity index (χ0v) is 38.6. The molecule has 0 aliphatic carbocycles. The van der Waals surface area contributed by atoms with Crippen LogP contribution in [-0.4, -0.2) is 16.2 Å². The lowest BCUT2D eigenvalue weighted by atomic mass is 9.73. The van der Waals surface area contributed by atoms with E-state index in [1.54, 1.807) is 0 Å². The van der Waals surface area contributed by atoms with Gasteiger partial charge in [0.2, 0.25) is 0 Å². The lowest BCUT2D eigenvalue weighted by Crippen LogP contribution is -2.27. The van der Waals surface area contributed by atoms with Gasteiger partial charge in [-0.3, -0.25) is 4.57 Å². The van der Waals surface area contributed by atoms with E-state index in [9.17, 15) is 0 Å². The Morgan fingerprint density at radius 3 is 1.57 bits per heavy atom. The second-order valence-corrected chi connectivity index (χ2v) is 20.4. The van der Waals surface area contributed by atoms with Crippen molar-refractivity contribution in [1.29, 1.82) is 0 Å². The fraction of sp³-hybridized carbons (Fsp3) is 0.259. The smallest absolute Gasteiger partial charge is 0.137 e. The molecule has 63 heavy (non-hydrogen) atoms. The van der Waals surface area contributed by atoms with Crippen LogP contribution in [-0.2, 0) is 21.7 Å². The van der Waals surface area contributed by atoms with E-state index >= 15 is 0 Å². The number of hydrogen-bond donors (Lipinski definition) is 0. The van der Waals surface area contributed by atoms with Gasteiger partial charge >= 0.3 is 0 Å². The zero-order chi connectivity index (χ0) is 44.3. The molecule has 0 saturated heterocycles. The molecule has 5 heteroatoms. The maximum absolute atomic E-state index is 6.89. The average Bonchev–Trinajstić information content (AvgIpc) is 3.90. The number of ether oxygens (including phenoxy) is 1. The third-order valence-corrected chi connectivity index (χ3v) is 13.2. The van der Waals surface area contributed by atoms with Crippen LogP contribution < -0.4 is 14.5 Å². The number of aromatic nitrogens is 2. The van der Waals surface area contributed by atoms with Gasteiger partial charge in [0.1, 0.15) is 17.3 Å². The summed E-state index contributed by atoms with van der Waals surface area (Å²) in [5.41, 5.74) is 11.6. The molecule has 6 aromatic carbocycles. The third kappa shape index (κ3) is 8.02. The largest absolute Gasteiger partial charge is 0.457 e. The van der Waals surface area contributed by atoms with Crippen LogP contribution in [0.25, 0.3) is 27.6 Å². The maximum Gasteiger partial charge on any atom is 0.137 e. The van der Waals surface area contributed by atoms with Crippen molar-refractivity contribution in [2.24, 2.45) is 0 Å². The molecule has 1 aliphatic rings. The second-order valence-electron chi connectivity index (χ2n) is 20.4. The molecular weight excluding hydrogens is 769 g/mol. The quantitative estimate of drug-likeness (QED) is 0.145. The van der Waals surface area contributed by atoms with E-state index in [-0.39, 0.29) is 21.7 Å². The monoisotopic (exact) mass is 828 g/mol. The molecule has 0 saturated carbocycles. The number of hydrogen-bond acceptors (Lipinski definition) is 4. The molecule has 0 amide bonds. The molecular formula is C58H60N4O. The van der Waals surface area contributed by atoms with Crippen LogP contribution in [0, 0.1) is 0 Å². The fourth-order valence-corrected chi connectivity index (χ4v) is 8.94. The predicted molar refractivity (Wildman–Crippen MR) is 265 cm³/mol. The molecule has 0 unspecified atom stereocenters. The number of pyridine rings is 1. The Hall–Kier alpha value is -6.59.